The molecule has 0 bridgehead atoms. The lowest BCUT2D eigenvalue weighted by Crippen LogP contribution is -2.48. The minimum Gasteiger partial charge on any atom is -0.372 e. The number of amides is 1. The van der Waals surface area contributed by atoms with Crippen LogP contribution in [0, 0.1) is 0 Å². The van der Waals surface area contributed by atoms with Crippen LogP contribution >= 0.6 is 0 Å². The zero-order chi connectivity index (χ0) is 18.4. The fourth-order valence-electron chi connectivity index (χ4n) is 2.91. The van der Waals surface area contributed by atoms with E-state index in [1.165, 1.54) is 6.33 Å². The Hall–Kier alpha value is -2.67. The number of ether oxygens (including phenoxy) is 1. The Labute approximate surface area is 154 Å². The average Bonchev–Trinajstić information content (AvgIpc) is 2.68. The van der Waals surface area contributed by atoms with Crippen molar-refractivity contribution in [1.82, 2.24) is 14.9 Å². The molecule has 3 rings (SSSR count). The van der Waals surface area contributed by atoms with E-state index in [-0.39, 0.29) is 12.0 Å². The summed E-state index contributed by atoms with van der Waals surface area (Å²) in [6.07, 6.45) is 1.48. The predicted molar refractivity (Wildman–Crippen MR) is 101 cm³/mol. The van der Waals surface area contributed by atoms with Crippen molar-refractivity contribution in [2.45, 2.75) is 13.0 Å². The summed E-state index contributed by atoms with van der Waals surface area (Å²) in [6.45, 7) is 5.05. The van der Waals surface area contributed by atoms with Gasteiger partial charge in [0.15, 0.2) is 0 Å². The molecule has 2 heterocycles. The Morgan fingerprint density at radius 2 is 2.04 bits per heavy atom. The quantitative estimate of drug-likeness (QED) is 0.819. The van der Waals surface area contributed by atoms with E-state index in [9.17, 15) is 4.79 Å². The molecule has 2 aromatic rings. The summed E-state index contributed by atoms with van der Waals surface area (Å²) in [6, 6.07) is 12.0. The van der Waals surface area contributed by atoms with Crippen LogP contribution in [0.4, 0.5) is 11.6 Å². The first-order chi connectivity index (χ1) is 12.7. The Morgan fingerprint density at radius 1 is 1.23 bits per heavy atom. The van der Waals surface area contributed by atoms with Gasteiger partial charge in [-0.15, -0.1) is 0 Å². The van der Waals surface area contributed by atoms with E-state index >= 15 is 0 Å². The molecule has 26 heavy (non-hydrogen) atoms. The van der Waals surface area contributed by atoms with Gasteiger partial charge < -0.3 is 19.9 Å². The maximum absolute atomic E-state index is 11.9. The third-order valence-electron chi connectivity index (χ3n) is 4.44. The smallest absolute Gasteiger partial charge is 0.241 e. The third-order valence-corrected chi connectivity index (χ3v) is 4.44. The molecule has 0 radical (unpaired) electrons. The molecule has 0 spiro atoms. The molecule has 7 nitrogen and oxygen atoms in total. The molecule has 1 amide bonds. The van der Waals surface area contributed by atoms with Crippen molar-refractivity contribution in [3.8, 4) is 0 Å². The summed E-state index contributed by atoms with van der Waals surface area (Å²) >= 11 is 0. The first-order valence-corrected chi connectivity index (χ1v) is 8.88. The van der Waals surface area contributed by atoms with Crippen LogP contribution < -0.4 is 10.2 Å². The van der Waals surface area contributed by atoms with Crippen LogP contribution in [0.1, 0.15) is 18.6 Å². The van der Waals surface area contributed by atoms with E-state index in [0.717, 1.165) is 23.7 Å². The van der Waals surface area contributed by atoms with Gasteiger partial charge in [0.05, 0.1) is 12.6 Å². The normalized spacial score (nSPS) is 15.8. The molecular formula is C19H25N5O2. The topological polar surface area (TPSA) is 70.6 Å². The number of anilines is 2. The molecule has 0 aliphatic carbocycles. The molecule has 1 aromatic carbocycles. The van der Waals surface area contributed by atoms with Gasteiger partial charge in [0, 0.05) is 39.4 Å². The standard InChI is InChI=1S/C19H25N5O2/c1-3-26-16(15-7-5-4-6-8-15)12-20-17-11-18(22-14-21-17)24-10-9-23(2)19(25)13-24/h4-8,11,14,16H,3,9-10,12-13H2,1-2H3,(H,20,21,22). The fourth-order valence-corrected chi connectivity index (χ4v) is 2.91. The average molecular weight is 355 g/mol. The van der Waals surface area contributed by atoms with E-state index < -0.39 is 0 Å². The van der Waals surface area contributed by atoms with Crippen LogP contribution in [-0.2, 0) is 9.53 Å². The molecule has 7 heteroatoms. The number of piperazine rings is 1. The minimum atomic E-state index is -0.0511. The molecule has 1 N–H and O–H groups in total. The van der Waals surface area contributed by atoms with Crippen LogP contribution in [0.2, 0.25) is 0 Å². The van der Waals surface area contributed by atoms with Gasteiger partial charge in [-0.25, -0.2) is 9.97 Å². The number of hydrogen-bond acceptors (Lipinski definition) is 6. The van der Waals surface area contributed by atoms with Crippen molar-refractivity contribution in [3.05, 3.63) is 48.3 Å². The second kappa shape index (κ2) is 8.62. The molecular weight excluding hydrogens is 330 g/mol. The van der Waals surface area contributed by atoms with E-state index in [4.69, 9.17) is 4.74 Å². The molecule has 1 atom stereocenters. The summed E-state index contributed by atoms with van der Waals surface area (Å²) in [5.41, 5.74) is 1.13. The molecule has 1 aliphatic heterocycles. The molecule has 1 unspecified atom stereocenters. The maximum Gasteiger partial charge on any atom is 0.241 e. The van der Waals surface area contributed by atoms with E-state index in [1.807, 2.05) is 43.1 Å². The molecule has 138 valence electrons. The number of carbonyl (C=O) groups excluding carboxylic acids is 1. The van der Waals surface area contributed by atoms with E-state index in [0.29, 0.717) is 26.2 Å². The molecule has 1 aliphatic rings. The maximum atomic E-state index is 11.9. The van der Waals surface area contributed by atoms with Crippen molar-refractivity contribution in [3.63, 3.8) is 0 Å². The third kappa shape index (κ3) is 4.49. The predicted octanol–water partition coefficient (Wildman–Crippen LogP) is 1.94. The lowest BCUT2D eigenvalue weighted by molar-refractivity contribution is -0.129. The van der Waals surface area contributed by atoms with Gasteiger partial charge in [0.25, 0.3) is 0 Å². The summed E-state index contributed by atoms with van der Waals surface area (Å²) in [4.78, 5) is 24.2. The number of hydrogen-bond donors (Lipinski definition) is 1. The second-order valence-electron chi connectivity index (χ2n) is 6.23. The van der Waals surface area contributed by atoms with Gasteiger partial charge in [-0.2, -0.15) is 0 Å². The van der Waals surface area contributed by atoms with Gasteiger partial charge in [-0.05, 0) is 12.5 Å². The zero-order valence-electron chi connectivity index (χ0n) is 15.3. The number of likely N-dealkylation sites (N-methyl/N-ethyl adjacent to an activating group) is 1. The lowest BCUT2D eigenvalue weighted by atomic mass is 10.1. The zero-order valence-corrected chi connectivity index (χ0v) is 15.3. The van der Waals surface area contributed by atoms with Gasteiger partial charge in [-0.1, -0.05) is 30.3 Å². The van der Waals surface area contributed by atoms with Crippen LogP contribution in [0.5, 0.6) is 0 Å². The number of benzene rings is 1. The summed E-state index contributed by atoms with van der Waals surface area (Å²) in [5.74, 6) is 1.59. The summed E-state index contributed by atoms with van der Waals surface area (Å²) in [5, 5.41) is 3.33. The minimum absolute atomic E-state index is 0.0511. The highest BCUT2D eigenvalue weighted by Crippen LogP contribution is 2.20. The summed E-state index contributed by atoms with van der Waals surface area (Å²) in [7, 11) is 1.82. The van der Waals surface area contributed by atoms with Gasteiger partial charge >= 0.3 is 0 Å². The van der Waals surface area contributed by atoms with Crippen molar-refractivity contribution in [2.75, 3.05) is 50.1 Å². The van der Waals surface area contributed by atoms with Crippen LogP contribution in [0.3, 0.4) is 0 Å². The largest absolute Gasteiger partial charge is 0.372 e. The number of aromatic nitrogens is 2. The molecule has 1 saturated heterocycles. The lowest BCUT2D eigenvalue weighted by Gasteiger charge is -2.32. The molecule has 1 aromatic heterocycles. The van der Waals surface area contributed by atoms with Crippen molar-refractivity contribution >= 4 is 17.5 Å². The number of rotatable bonds is 7. The van der Waals surface area contributed by atoms with Gasteiger partial charge in [-0.3, -0.25) is 4.79 Å². The SMILES string of the molecule is CCOC(CNc1cc(N2CCN(C)C(=O)C2)ncn1)c1ccccc1. The number of nitrogens with one attached hydrogen (secondary N) is 1. The first kappa shape index (κ1) is 18.1. The molecule has 0 saturated carbocycles. The summed E-state index contributed by atoms with van der Waals surface area (Å²) < 4.78 is 5.86. The number of carbonyl (C=O) groups is 1. The van der Waals surface area contributed by atoms with Gasteiger partial charge in [0.2, 0.25) is 5.91 Å². The fraction of sp³-hybridized carbons (Fsp3) is 0.421. The number of nitrogens with zero attached hydrogens (tertiary/aromatic N) is 4. The van der Waals surface area contributed by atoms with Crippen LogP contribution in [0.25, 0.3) is 0 Å². The Morgan fingerprint density at radius 3 is 2.77 bits per heavy atom. The second-order valence-corrected chi connectivity index (χ2v) is 6.23. The van der Waals surface area contributed by atoms with E-state index in [1.54, 1.807) is 4.90 Å². The van der Waals surface area contributed by atoms with Crippen LogP contribution in [0.15, 0.2) is 42.7 Å². The monoisotopic (exact) mass is 355 g/mol. The Kier molecular flexibility index (Phi) is 6.01. The van der Waals surface area contributed by atoms with E-state index in [2.05, 4.69) is 27.4 Å². The highest BCUT2D eigenvalue weighted by molar-refractivity contribution is 5.82. The van der Waals surface area contributed by atoms with Crippen LogP contribution in [-0.4, -0.2) is 60.6 Å². The first-order valence-electron chi connectivity index (χ1n) is 8.88. The highest BCUT2D eigenvalue weighted by Gasteiger charge is 2.22. The highest BCUT2D eigenvalue weighted by atomic mass is 16.5. The van der Waals surface area contributed by atoms with Crippen molar-refractivity contribution < 1.29 is 9.53 Å². The van der Waals surface area contributed by atoms with Crippen molar-refractivity contribution in [1.29, 1.82) is 0 Å². The molecule has 1 fully saturated rings. The van der Waals surface area contributed by atoms with Gasteiger partial charge in [0.1, 0.15) is 18.0 Å². The Balaban J connectivity index is 1.65. The van der Waals surface area contributed by atoms with Crippen molar-refractivity contribution in [2.24, 2.45) is 0 Å². The Bertz CT molecular complexity index is 725.